The Morgan fingerprint density at radius 1 is 1.27 bits per heavy atom. The highest BCUT2D eigenvalue weighted by Crippen LogP contribution is 2.40. The second-order valence-electron chi connectivity index (χ2n) is 6.25. The summed E-state index contributed by atoms with van der Waals surface area (Å²) in [6.45, 7) is 6.14. The van der Waals surface area contributed by atoms with Gasteiger partial charge in [0.2, 0.25) is 5.89 Å². The van der Waals surface area contributed by atoms with E-state index in [4.69, 9.17) is 9.26 Å². The van der Waals surface area contributed by atoms with E-state index < -0.39 is 15.7 Å². The summed E-state index contributed by atoms with van der Waals surface area (Å²) in [6.07, 6.45) is 2.06. The van der Waals surface area contributed by atoms with Crippen molar-refractivity contribution in [2.24, 2.45) is 0 Å². The molecule has 0 aromatic carbocycles. The molecule has 1 aromatic rings. The summed E-state index contributed by atoms with van der Waals surface area (Å²) in [5.74, 6) is 0.864. The predicted octanol–water partition coefficient (Wildman–Crippen LogP) is 0.701. The van der Waals surface area contributed by atoms with Crippen LogP contribution in [0.4, 0.5) is 0 Å². The highest BCUT2D eigenvalue weighted by atomic mass is 32.2. The van der Waals surface area contributed by atoms with Gasteiger partial charge in [0.05, 0.1) is 17.7 Å². The maximum absolute atomic E-state index is 12.7. The first-order chi connectivity index (χ1) is 10.3. The van der Waals surface area contributed by atoms with Crippen molar-refractivity contribution in [1.82, 2.24) is 19.2 Å². The van der Waals surface area contributed by atoms with Crippen LogP contribution in [0.5, 0.6) is 0 Å². The van der Waals surface area contributed by atoms with E-state index in [-0.39, 0.29) is 12.2 Å². The average Bonchev–Trinajstić information content (AvgIpc) is 2.80. The van der Waals surface area contributed by atoms with Crippen molar-refractivity contribution in [3.63, 3.8) is 0 Å². The smallest absolute Gasteiger partial charge is 0.280 e. The molecule has 2 fully saturated rings. The van der Waals surface area contributed by atoms with Crippen molar-refractivity contribution in [3.8, 4) is 0 Å². The first kappa shape index (κ1) is 15.9. The zero-order valence-corrected chi connectivity index (χ0v) is 13.9. The zero-order chi connectivity index (χ0) is 16.0. The third-order valence-corrected chi connectivity index (χ3v) is 5.84. The minimum Gasteiger partial charge on any atom is -0.373 e. The lowest BCUT2D eigenvalue weighted by atomic mass is 9.77. The first-order valence-electron chi connectivity index (χ1n) is 7.56. The van der Waals surface area contributed by atoms with Crippen molar-refractivity contribution in [3.05, 3.63) is 11.7 Å². The minimum atomic E-state index is -3.62. The third kappa shape index (κ3) is 2.90. The number of hydrogen-bond acceptors (Lipinski definition) is 6. The fraction of sp³-hybridized carbons (Fsp3) is 0.846. The van der Waals surface area contributed by atoms with Crippen LogP contribution in [0, 0.1) is 6.92 Å². The molecule has 2 aliphatic rings. The van der Waals surface area contributed by atoms with Crippen LogP contribution < -0.4 is 4.72 Å². The van der Waals surface area contributed by atoms with Crippen LogP contribution in [0.25, 0.3) is 0 Å². The Labute approximate surface area is 130 Å². The molecular formula is C13H22N4O4S. The molecule has 2 atom stereocenters. The van der Waals surface area contributed by atoms with E-state index in [0.29, 0.717) is 37.6 Å². The van der Waals surface area contributed by atoms with Crippen LogP contribution >= 0.6 is 0 Å². The normalized spacial score (nSPS) is 29.2. The monoisotopic (exact) mass is 330 g/mol. The molecule has 0 amide bonds. The molecule has 1 saturated heterocycles. The van der Waals surface area contributed by atoms with E-state index in [1.54, 1.807) is 6.92 Å². The summed E-state index contributed by atoms with van der Waals surface area (Å²) in [5, 5.41) is 3.91. The van der Waals surface area contributed by atoms with Crippen LogP contribution in [0.2, 0.25) is 0 Å². The molecule has 1 aliphatic carbocycles. The molecule has 124 valence electrons. The van der Waals surface area contributed by atoms with Crippen molar-refractivity contribution < 1.29 is 17.7 Å². The molecule has 3 rings (SSSR count). The maximum atomic E-state index is 12.7. The van der Waals surface area contributed by atoms with Gasteiger partial charge in [-0.15, -0.1) is 0 Å². The van der Waals surface area contributed by atoms with Gasteiger partial charge in [0.25, 0.3) is 10.2 Å². The van der Waals surface area contributed by atoms with Gasteiger partial charge in [-0.2, -0.15) is 22.4 Å². The Morgan fingerprint density at radius 3 is 2.36 bits per heavy atom. The van der Waals surface area contributed by atoms with E-state index >= 15 is 0 Å². The van der Waals surface area contributed by atoms with Gasteiger partial charge in [-0.05, 0) is 33.1 Å². The molecule has 0 spiro atoms. The van der Waals surface area contributed by atoms with Crippen molar-refractivity contribution in [2.75, 3.05) is 13.1 Å². The number of nitrogens with one attached hydrogen (secondary N) is 1. The SMILES string of the molecule is Cc1nc(C2(NS(=O)(=O)N3CC(C)OC(C)C3)CCC2)no1. The van der Waals surface area contributed by atoms with Crippen LogP contribution in [0.3, 0.4) is 0 Å². The van der Waals surface area contributed by atoms with Gasteiger partial charge < -0.3 is 9.26 Å². The van der Waals surface area contributed by atoms with Crippen LogP contribution in [-0.4, -0.2) is 48.2 Å². The second-order valence-corrected chi connectivity index (χ2v) is 7.92. The van der Waals surface area contributed by atoms with E-state index in [2.05, 4.69) is 14.9 Å². The Bertz CT molecular complexity index is 630. The highest BCUT2D eigenvalue weighted by molar-refractivity contribution is 7.87. The zero-order valence-electron chi connectivity index (χ0n) is 13.1. The quantitative estimate of drug-likeness (QED) is 0.873. The first-order valence-corrected chi connectivity index (χ1v) is 9.00. The fourth-order valence-corrected chi connectivity index (χ4v) is 4.76. The van der Waals surface area contributed by atoms with Crippen molar-refractivity contribution in [1.29, 1.82) is 0 Å². The second kappa shape index (κ2) is 5.55. The van der Waals surface area contributed by atoms with E-state index in [0.717, 1.165) is 6.42 Å². The molecule has 8 nitrogen and oxygen atoms in total. The van der Waals surface area contributed by atoms with Gasteiger partial charge in [-0.3, -0.25) is 0 Å². The number of aromatic nitrogens is 2. The molecule has 2 heterocycles. The molecule has 9 heteroatoms. The Hall–Kier alpha value is -1.03. The van der Waals surface area contributed by atoms with E-state index in [1.807, 2.05) is 13.8 Å². The Morgan fingerprint density at radius 2 is 1.91 bits per heavy atom. The average molecular weight is 330 g/mol. The summed E-state index contributed by atoms with van der Waals surface area (Å²) in [6, 6.07) is 0. The number of hydrogen-bond donors (Lipinski definition) is 1. The summed E-state index contributed by atoms with van der Waals surface area (Å²) in [4.78, 5) is 4.22. The molecule has 0 bridgehead atoms. The third-order valence-electron chi connectivity index (χ3n) is 4.21. The lowest BCUT2D eigenvalue weighted by Crippen LogP contribution is -2.59. The van der Waals surface area contributed by atoms with Gasteiger partial charge in [0, 0.05) is 20.0 Å². The molecule has 0 radical (unpaired) electrons. The molecule has 1 saturated carbocycles. The van der Waals surface area contributed by atoms with E-state index in [9.17, 15) is 8.42 Å². The summed E-state index contributed by atoms with van der Waals surface area (Å²) in [7, 11) is -3.62. The number of ether oxygens (including phenoxy) is 1. The van der Waals surface area contributed by atoms with Gasteiger partial charge >= 0.3 is 0 Å². The van der Waals surface area contributed by atoms with Gasteiger partial charge in [-0.25, -0.2) is 0 Å². The van der Waals surface area contributed by atoms with Gasteiger partial charge in [0.1, 0.15) is 0 Å². The fourth-order valence-electron chi connectivity index (χ4n) is 3.03. The van der Waals surface area contributed by atoms with Crippen LogP contribution in [0.15, 0.2) is 4.52 Å². The lowest BCUT2D eigenvalue weighted by Gasteiger charge is -2.42. The molecular weight excluding hydrogens is 308 g/mol. The number of nitrogens with zero attached hydrogens (tertiary/aromatic N) is 3. The molecule has 1 N–H and O–H groups in total. The Balaban J connectivity index is 1.81. The maximum Gasteiger partial charge on any atom is 0.280 e. The molecule has 2 unspecified atom stereocenters. The van der Waals surface area contributed by atoms with Gasteiger partial charge in [0.15, 0.2) is 5.82 Å². The predicted molar refractivity (Wildman–Crippen MR) is 78.2 cm³/mol. The molecule has 1 aromatic heterocycles. The Kier molecular flexibility index (Phi) is 4.00. The topological polar surface area (TPSA) is 97.6 Å². The molecule has 22 heavy (non-hydrogen) atoms. The summed E-state index contributed by atoms with van der Waals surface area (Å²) in [5.41, 5.74) is -0.735. The minimum absolute atomic E-state index is 0.120. The van der Waals surface area contributed by atoms with E-state index in [1.165, 1.54) is 4.31 Å². The summed E-state index contributed by atoms with van der Waals surface area (Å²) >= 11 is 0. The van der Waals surface area contributed by atoms with Crippen molar-refractivity contribution >= 4 is 10.2 Å². The van der Waals surface area contributed by atoms with Crippen LogP contribution in [0.1, 0.15) is 44.8 Å². The number of morpholine rings is 1. The standard InChI is InChI=1S/C13H22N4O4S/c1-9-7-17(8-10(2)20-9)22(18,19)16-13(5-4-6-13)12-14-11(3)21-15-12/h9-10,16H,4-8H2,1-3H3. The lowest BCUT2D eigenvalue weighted by molar-refractivity contribution is -0.0448. The van der Waals surface area contributed by atoms with Crippen LogP contribution in [-0.2, 0) is 20.5 Å². The number of rotatable bonds is 4. The van der Waals surface area contributed by atoms with Gasteiger partial charge in [-0.1, -0.05) is 5.16 Å². The number of aryl methyl sites for hydroxylation is 1. The summed E-state index contributed by atoms with van der Waals surface area (Å²) < 4.78 is 40.3. The largest absolute Gasteiger partial charge is 0.373 e. The molecule has 1 aliphatic heterocycles. The highest BCUT2D eigenvalue weighted by Gasteiger charge is 2.47. The van der Waals surface area contributed by atoms with Crippen molar-refractivity contribution in [2.45, 2.75) is 57.8 Å².